The number of furan rings is 1. The highest BCUT2D eigenvalue weighted by atomic mass is 32.2. The maximum Gasteiger partial charge on any atom is 0.279 e. The molecule has 0 N–H and O–H groups in total. The van der Waals surface area contributed by atoms with E-state index >= 15 is 0 Å². The van der Waals surface area contributed by atoms with Crippen LogP contribution in [0.1, 0.15) is 16.9 Å². The normalized spacial score (nSPS) is 11.7. The van der Waals surface area contributed by atoms with Crippen molar-refractivity contribution in [2.24, 2.45) is 5.10 Å². The molecular formula is C19H18N2O3S. The molecule has 0 aliphatic heterocycles. The number of hydrogen-bond acceptors (Lipinski definition) is 4. The first-order chi connectivity index (χ1) is 12.1. The molecule has 5 nitrogen and oxygen atoms in total. The Hall–Kier alpha value is -2.86. The van der Waals surface area contributed by atoms with Gasteiger partial charge >= 0.3 is 0 Å². The Morgan fingerprint density at radius 1 is 1.00 bits per heavy atom. The molecule has 1 heterocycles. The van der Waals surface area contributed by atoms with Crippen molar-refractivity contribution in [2.45, 2.75) is 18.4 Å². The highest BCUT2D eigenvalue weighted by Gasteiger charge is 2.23. The van der Waals surface area contributed by atoms with Crippen molar-refractivity contribution in [1.82, 2.24) is 4.41 Å². The van der Waals surface area contributed by atoms with E-state index in [2.05, 4.69) is 5.10 Å². The number of aryl methyl sites for hydroxylation is 1. The maximum absolute atomic E-state index is 13.0. The monoisotopic (exact) mass is 354 g/mol. The molecule has 0 saturated heterocycles. The summed E-state index contributed by atoms with van der Waals surface area (Å²) < 4.78 is 32.3. The van der Waals surface area contributed by atoms with Gasteiger partial charge in [-0.3, -0.25) is 0 Å². The molecule has 6 heteroatoms. The number of hydrazone groups is 1. The molecule has 0 saturated carbocycles. The van der Waals surface area contributed by atoms with Gasteiger partial charge < -0.3 is 4.42 Å². The van der Waals surface area contributed by atoms with E-state index in [9.17, 15) is 8.42 Å². The van der Waals surface area contributed by atoms with Crippen LogP contribution in [-0.2, 0) is 16.6 Å². The summed E-state index contributed by atoms with van der Waals surface area (Å²) >= 11 is 0. The van der Waals surface area contributed by atoms with Crippen LogP contribution in [0, 0.1) is 6.92 Å². The molecule has 3 aromatic rings. The number of sulfonamides is 1. The summed E-state index contributed by atoms with van der Waals surface area (Å²) in [4.78, 5) is 0.200. The summed E-state index contributed by atoms with van der Waals surface area (Å²) in [5, 5.41) is 4.16. The Kier molecular flexibility index (Phi) is 5.00. The van der Waals surface area contributed by atoms with Gasteiger partial charge in [-0.1, -0.05) is 48.0 Å². The van der Waals surface area contributed by atoms with Gasteiger partial charge in [0.1, 0.15) is 5.76 Å². The summed E-state index contributed by atoms with van der Waals surface area (Å²) in [6, 6.07) is 19.5. The second-order valence-corrected chi connectivity index (χ2v) is 7.39. The maximum atomic E-state index is 13.0. The van der Waals surface area contributed by atoms with E-state index < -0.39 is 10.0 Å². The standard InChI is InChI=1S/C19H18N2O3S/c1-16-9-11-19(12-10-16)25(22,23)21(15-17-6-3-2-4-7-17)20-14-18-8-5-13-24-18/h2-14H,15H2,1H3/b20-14+. The molecule has 0 bridgehead atoms. The average molecular weight is 354 g/mol. The molecule has 0 atom stereocenters. The molecule has 3 rings (SSSR count). The molecule has 0 spiro atoms. The fourth-order valence-electron chi connectivity index (χ4n) is 2.25. The lowest BCUT2D eigenvalue weighted by Crippen LogP contribution is -2.26. The van der Waals surface area contributed by atoms with E-state index in [1.54, 1.807) is 36.4 Å². The van der Waals surface area contributed by atoms with E-state index in [1.807, 2.05) is 37.3 Å². The second-order valence-electron chi connectivity index (χ2n) is 5.54. The van der Waals surface area contributed by atoms with Gasteiger partial charge in [-0.25, -0.2) is 0 Å². The lowest BCUT2D eigenvalue weighted by Gasteiger charge is -2.19. The number of benzene rings is 2. The predicted molar refractivity (Wildman–Crippen MR) is 96.7 cm³/mol. The fourth-order valence-corrected chi connectivity index (χ4v) is 3.46. The SMILES string of the molecule is Cc1ccc(S(=O)(=O)N(Cc2ccccc2)/N=C/c2ccco2)cc1. The van der Waals surface area contributed by atoms with Crippen molar-refractivity contribution in [3.8, 4) is 0 Å². The lowest BCUT2D eigenvalue weighted by molar-refractivity contribution is 0.426. The fraction of sp³-hybridized carbons (Fsp3) is 0.105. The summed E-state index contributed by atoms with van der Waals surface area (Å²) in [5.41, 5.74) is 1.84. The highest BCUT2D eigenvalue weighted by molar-refractivity contribution is 7.89. The first-order valence-corrected chi connectivity index (χ1v) is 9.20. The average Bonchev–Trinajstić information content (AvgIpc) is 3.13. The van der Waals surface area contributed by atoms with Gasteiger partial charge in [0.2, 0.25) is 0 Å². The van der Waals surface area contributed by atoms with Gasteiger partial charge in [0, 0.05) is 0 Å². The number of hydrogen-bond donors (Lipinski definition) is 0. The third-order valence-electron chi connectivity index (χ3n) is 3.61. The first-order valence-electron chi connectivity index (χ1n) is 7.76. The van der Waals surface area contributed by atoms with E-state index in [4.69, 9.17) is 4.42 Å². The molecule has 0 amide bonds. The van der Waals surface area contributed by atoms with Gasteiger partial charge in [-0.15, -0.1) is 0 Å². The molecule has 0 radical (unpaired) electrons. The minimum absolute atomic E-state index is 0.133. The second kappa shape index (κ2) is 7.36. The predicted octanol–water partition coefficient (Wildman–Crippen LogP) is 3.81. The smallest absolute Gasteiger partial charge is 0.279 e. The quantitative estimate of drug-likeness (QED) is 0.499. The van der Waals surface area contributed by atoms with Crippen LogP contribution < -0.4 is 0 Å². The van der Waals surface area contributed by atoms with Crippen LogP contribution in [-0.4, -0.2) is 19.0 Å². The summed E-state index contributed by atoms with van der Waals surface area (Å²) in [6.45, 7) is 2.04. The number of nitrogens with zero attached hydrogens (tertiary/aromatic N) is 2. The van der Waals surface area contributed by atoms with Crippen molar-refractivity contribution in [3.05, 3.63) is 89.9 Å². The molecule has 0 aliphatic carbocycles. The first kappa shape index (κ1) is 17.0. The van der Waals surface area contributed by atoms with Crippen molar-refractivity contribution >= 4 is 16.2 Å². The molecule has 0 fully saturated rings. The van der Waals surface area contributed by atoms with Crippen LogP contribution in [0.5, 0.6) is 0 Å². The third-order valence-corrected chi connectivity index (χ3v) is 5.26. The Labute approximate surface area is 147 Å². The zero-order chi connectivity index (χ0) is 17.7. The van der Waals surface area contributed by atoms with Gasteiger partial charge in [0.05, 0.1) is 23.9 Å². The van der Waals surface area contributed by atoms with E-state index in [0.717, 1.165) is 15.5 Å². The Morgan fingerprint density at radius 2 is 1.72 bits per heavy atom. The Balaban J connectivity index is 1.95. The van der Waals surface area contributed by atoms with Crippen LogP contribution >= 0.6 is 0 Å². The Bertz CT molecular complexity index is 932. The van der Waals surface area contributed by atoms with Gasteiger partial charge in [0.15, 0.2) is 0 Å². The summed E-state index contributed by atoms with van der Waals surface area (Å²) in [7, 11) is -3.78. The van der Waals surface area contributed by atoms with Crippen molar-refractivity contribution in [3.63, 3.8) is 0 Å². The zero-order valence-corrected chi connectivity index (χ0v) is 14.6. The van der Waals surface area contributed by atoms with Crippen molar-refractivity contribution in [2.75, 3.05) is 0 Å². The van der Waals surface area contributed by atoms with Crippen LogP contribution in [0.2, 0.25) is 0 Å². The molecule has 0 aliphatic rings. The molecular weight excluding hydrogens is 336 g/mol. The third kappa shape index (κ3) is 4.16. The summed E-state index contributed by atoms with van der Waals surface area (Å²) in [6.07, 6.45) is 2.91. The highest BCUT2D eigenvalue weighted by Crippen LogP contribution is 2.19. The molecule has 25 heavy (non-hydrogen) atoms. The van der Waals surface area contributed by atoms with E-state index in [0.29, 0.717) is 5.76 Å². The lowest BCUT2D eigenvalue weighted by atomic mass is 10.2. The van der Waals surface area contributed by atoms with Crippen LogP contribution in [0.4, 0.5) is 0 Å². The van der Waals surface area contributed by atoms with Gasteiger partial charge in [-0.2, -0.15) is 17.9 Å². The largest absolute Gasteiger partial charge is 0.463 e. The summed E-state index contributed by atoms with van der Waals surface area (Å²) in [5.74, 6) is 0.483. The van der Waals surface area contributed by atoms with Crippen molar-refractivity contribution in [1.29, 1.82) is 0 Å². The number of rotatable bonds is 6. The molecule has 2 aromatic carbocycles. The van der Waals surface area contributed by atoms with Crippen molar-refractivity contribution < 1.29 is 12.8 Å². The van der Waals surface area contributed by atoms with E-state index in [1.165, 1.54) is 12.5 Å². The van der Waals surface area contributed by atoms with Crippen LogP contribution in [0.3, 0.4) is 0 Å². The molecule has 128 valence electrons. The topological polar surface area (TPSA) is 62.9 Å². The van der Waals surface area contributed by atoms with E-state index in [-0.39, 0.29) is 11.4 Å². The van der Waals surface area contributed by atoms with Gasteiger partial charge in [0.25, 0.3) is 10.0 Å². The van der Waals surface area contributed by atoms with Gasteiger partial charge in [-0.05, 0) is 36.8 Å². The molecule has 0 unspecified atom stereocenters. The Morgan fingerprint density at radius 3 is 2.36 bits per heavy atom. The minimum Gasteiger partial charge on any atom is -0.463 e. The minimum atomic E-state index is -3.78. The van der Waals surface area contributed by atoms with Crippen LogP contribution in [0.15, 0.2) is 87.4 Å². The molecule has 1 aromatic heterocycles. The zero-order valence-electron chi connectivity index (χ0n) is 13.7. The van der Waals surface area contributed by atoms with Crippen LogP contribution in [0.25, 0.3) is 0 Å².